The average Bonchev–Trinajstić information content (AvgIpc) is 1.78. The van der Waals surface area contributed by atoms with E-state index in [1.54, 1.807) is 0 Å². The summed E-state index contributed by atoms with van der Waals surface area (Å²) in [5.41, 5.74) is 0. The molecule has 0 aliphatic heterocycles. The molecule has 53 valence electrons. The van der Waals surface area contributed by atoms with Gasteiger partial charge in [0.1, 0.15) is 0 Å². The van der Waals surface area contributed by atoms with Crippen molar-refractivity contribution < 1.29 is 4.74 Å². The molecular weight excluding hydrogens is 112 g/mol. The Bertz CT molecular complexity index is 73.9. The lowest BCUT2D eigenvalue weighted by Crippen LogP contribution is -2.25. The third kappa shape index (κ3) is 1.98. The van der Waals surface area contributed by atoms with Gasteiger partial charge in [-0.05, 0) is 32.6 Å². The molecule has 0 N–H and O–H groups in total. The van der Waals surface area contributed by atoms with Crippen molar-refractivity contribution in [1.29, 1.82) is 0 Å². The quantitative estimate of drug-likeness (QED) is 0.564. The zero-order valence-corrected chi connectivity index (χ0v) is 6.10. The Labute approximate surface area is 57.4 Å². The number of rotatable bonds is 3. The zero-order chi connectivity index (χ0) is 6.69. The van der Waals surface area contributed by atoms with Crippen molar-refractivity contribution >= 4 is 0 Å². The minimum atomic E-state index is 0.232. The lowest BCUT2D eigenvalue weighted by Gasteiger charge is -2.28. The van der Waals surface area contributed by atoms with Gasteiger partial charge in [0.2, 0.25) is 0 Å². The molecule has 0 saturated heterocycles. The lowest BCUT2D eigenvalue weighted by molar-refractivity contribution is -0.0327. The fraction of sp³-hybridized carbons (Fsp3) is 0.875. The van der Waals surface area contributed by atoms with Crippen LogP contribution in [0.4, 0.5) is 0 Å². The summed E-state index contributed by atoms with van der Waals surface area (Å²) in [6.45, 7) is 5.96. The normalized spacial score (nSPS) is 23.3. The minimum Gasteiger partial charge on any atom is -0.375 e. The Morgan fingerprint density at radius 1 is 1.67 bits per heavy atom. The van der Waals surface area contributed by atoms with E-state index in [0.29, 0.717) is 6.10 Å². The molecule has 1 aliphatic carbocycles. The maximum Gasteiger partial charge on any atom is 0.0579 e. The van der Waals surface area contributed by atoms with Crippen molar-refractivity contribution in [2.75, 3.05) is 0 Å². The number of hydrogen-bond acceptors (Lipinski definition) is 1. The Morgan fingerprint density at radius 2 is 2.33 bits per heavy atom. The second kappa shape index (κ2) is 3.21. The van der Waals surface area contributed by atoms with Gasteiger partial charge in [0.05, 0.1) is 12.2 Å². The van der Waals surface area contributed by atoms with Gasteiger partial charge in [-0.2, -0.15) is 0 Å². The van der Waals surface area contributed by atoms with E-state index in [0.717, 1.165) is 6.42 Å². The lowest BCUT2D eigenvalue weighted by atomic mass is 9.96. The van der Waals surface area contributed by atoms with Crippen molar-refractivity contribution in [1.82, 2.24) is 0 Å². The van der Waals surface area contributed by atoms with Crippen LogP contribution < -0.4 is 0 Å². The Balaban J connectivity index is 2.01. The first-order chi connectivity index (χ1) is 4.33. The van der Waals surface area contributed by atoms with Crippen molar-refractivity contribution in [3.63, 3.8) is 0 Å². The SMILES string of the molecule is [CH2]C(CC)OC1CCC1. The van der Waals surface area contributed by atoms with Gasteiger partial charge in [-0.3, -0.25) is 0 Å². The van der Waals surface area contributed by atoms with Crippen LogP contribution in [0.3, 0.4) is 0 Å². The first-order valence-electron chi connectivity index (χ1n) is 3.81. The van der Waals surface area contributed by atoms with E-state index in [2.05, 4.69) is 13.8 Å². The smallest absolute Gasteiger partial charge is 0.0579 e. The molecule has 1 unspecified atom stereocenters. The van der Waals surface area contributed by atoms with Gasteiger partial charge in [-0.25, -0.2) is 0 Å². The van der Waals surface area contributed by atoms with Crippen LogP contribution in [0.15, 0.2) is 0 Å². The van der Waals surface area contributed by atoms with E-state index < -0.39 is 0 Å². The Morgan fingerprint density at radius 3 is 2.67 bits per heavy atom. The van der Waals surface area contributed by atoms with E-state index in [-0.39, 0.29) is 6.10 Å². The maximum atomic E-state index is 5.52. The second-order valence-electron chi connectivity index (χ2n) is 2.72. The van der Waals surface area contributed by atoms with Crippen LogP contribution in [0.25, 0.3) is 0 Å². The molecule has 1 aliphatic rings. The van der Waals surface area contributed by atoms with Crippen molar-refractivity contribution in [3.05, 3.63) is 6.92 Å². The van der Waals surface area contributed by atoms with E-state index >= 15 is 0 Å². The summed E-state index contributed by atoms with van der Waals surface area (Å²) in [5, 5.41) is 0. The Hall–Kier alpha value is -0.0400. The monoisotopic (exact) mass is 127 g/mol. The summed E-state index contributed by atoms with van der Waals surface area (Å²) >= 11 is 0. The fourth-order valence-electron chi connectivity index (χ4n) is 0.875. The van der Waals surface area contributed by atoms with Crippen LogP contribution in [-0.2, 0) is 4.74 Å². The van der Waals surface area contributed by atoms with Crippen LogP contribution >= 0.6 is 0 Å². The van der Waals surface area contributed by atoms with Gasteiger partial charge < -0.3 is 4.74 Å². The predicted octanol–water partition coefficient (Wildman–Crippen LogP) is 2.17. The first-order valence-corrected chi connectivity index (χ1v) is 3.81. The van der Waals surface area contributed by atoms with Crippen LogP contribution in [-0.4, -0.2) is 12.2 Å². The summed E-state index contributed by atoms with van der Waals surface area (Å²) in [4.78, 5) is 0. The molecule has 0 bridgehead atoms. The summed E-state index contributed by atoms with van der Waals surface area (Å²) in [7, 11) is 0. The van der Waals surface area contributed by atoms with Crippen LogP contribution in [0.2, 0.25) is 0 Å². The molecule has 0 aromatic heterocycles. The molecule has 9 heavy (non-hydrogen) atoms. The average molecular weight is 127 g/mol. The highest BCUT2D eigenvalue weighted by Gasteiger charge is 2.19. The van der Waals surface area contributed by atoms with Crippen LogP contribution in [0, 0.1) is 6.92 Å². The molecule has 0 amide bonds. The molecule has 1 radical (unpaired) electrons. The van der Waals surface area contributed by atoms with Crippen molar-refractivity contribution in [2.45, 2.75) is 44.8 Å². The third-order valence-corrected chi connectivity index (χ3v) is 1.89. The van der Waals surface area contributed by atoms with E-state index in [9.17, 15) is 0 Å². The zero-order valence-electron chi connectivity index (χ0n) is 6.10. The first kappa shape index (κ1) is 7.07. The van der Waals surface area contributed by atoms with Gasteiger partial charge in [0, 0.05) is 0 Å². The van der Waals surface area contributed by atoms with Gasteiger partial charge in [0.25, 0.3) is 0 Å². The molecule has 0 aromatic rings. The molecule has 1 heteroatoms. The topological polar surface area (TPSA) is 9.23 Å². The molecule has 0 spiro atoms. The standard InChI is InChI=1S/C8H15O/c1-3-7(2)9-8-5-4-6-8/h7-8H,2-6H2,1H3. The number of ether oxygens (including phenoxy) is 1. The fourth-order valence-corrected chi connectivity index (χ4v) is 0.875. The summed E-state index contributed by atoms with van der Waals surface area (Å²) in [6.07, 6.45) is 5.68. The molecule has 1 rings (SSSR count). The van der Waals surface area contributed by atoms with Gasteiger partial charge in [0.15, 0.2) is 0 Å². The predicted molar refractivity (Wildman–Crippen MR) is 38.2 cm³/mol. The summed E-state index contributed by atoms with van der Waals surface area (Å²) < 4.78 is 5.52. The second-order valence-corrected chi connectivity index (χ2v) is 2.72. The molecule has 1 nitrogen and oxygen atoms in total. The van der Waals surface area contributed by atoms with Gasteiger partial charge >= 0.3 is 0 Å². The van der Waals surface area contributed by atoms with Gasteiger partial charge in [-0.1, -0.05) is 6.92 Å². The van der Waals surface area contributed by atoms with Crippen molar-refractivity contribution in [2.24, 2.45) is 0 Å². The molecular formula is C8H15O. The molecule has 0 heterocycles. The highest BCUT2D eigenvalue weighted by molar-refractivity contribution is 4.72. The van der Waals surface area contributed by atoms with Crippen LogP contribution in [0.1, 0.15) is 32.6 Å². The highest BCUT2D eigenvalue weighted by Crippen LogP contribution is 2.23. The molecule has 0 aromatic carbocycles. The molecule has 1 atom stereocenters. The van der Waals surface area contributed by atoms with Gasteiger partial charge in [-0.15, -0.1) is 0 Å². The van der Waals surface area contributed by atoms with Crippen LogP contribution in [0.5, 0.6) is 0 Å². The minimum absolute atomic E-state index is 0.232. The molecule has 1 saturated carbocycles. The third-order valence-electron chi connectivity index (χ3n) is 1.89. The van der Waals surface area contributed by atoms with E-state index in [4.69, 9.17) is 4.74 Å². The summed E-state index contributed by atoms with van der Waals surface area (Å²) in [5.74, 6) is 0. The van der Waals surface area contributed by atoms with Crippen molar-refractivity contribution in [3.8, 4) is 0 Å². The van der Waals surface area contributed by atoms with E-state index in [1.807, 2.05) is 0 Å². The summed E-state index contributed by atoms with van der Waals surface area (Å²) in [6, 6.07) is 0. The largest absolute Gasteiger partial charge is 0.375 e. The number of hydrogen-bond donors (Lipinski definition) is 0. The Kier molecular flexibility index (Phi) is 2.52. The highest BCUT2D eigenvalue weighted by atomic mass is 16.5. The van der Waals surface area contributed by atoms with E-state index in [1.165, 1.54) is 19.3 Å². The molecule has 1 fully saturated rings. The maximum absolute atomic E-state index is 5.52.